The van der Waals surface area contributed by atoms with E-state index >= 15 is 0 Å². The summed E-state index contributed by atoms with van der Waals surface area (Å²) in [7, 11) is 0. The summed E-state index contributed by atoms with van der Waals surface area (Å²) >= 11 is 18.4. The van der Waals surface area contributed by atoms with E-state index in [4.69, 9.17) is 34.8 Å². The Labute approximate surface area is 142 Å². The monoisotopic (exact) mass is 350 g/mol. The highest BCUT2D eigenvalue weighted by Gasteiger charge is 2.20. The van der Waals surface area contributed by atoms with E-state index in [-0.39, 0.29) is 10.3 Å². The third-order valence-corrected chi connectivity index (χ3v) is 3.92. The fraction of sp³-hybridized carbons (Fsp3) is 0.0667. The first-order valence-electron chi connectivity index (χ1n) is 6.33. The van der Waals surface area contributed by atoms with Gasteiger partial charge in [-0.3, -0.25) is 4.98 Å². The van der Waals surface area contributed by atoms with Crippen molar-refractivity contribution in [3.8, 4) is 22.4 Å². The summed E-state index contributed by atoms with van der Waals surface area (Å²) in [4.78, 5) is 8.33. The van der Waals surface area contributed by atoms with Crippen molar-refractivity contribution in [2.24, 2.45) is 0 Å². The molecule has 3 rings (SSSR count). The number of hydrogen-bond donors (Lipinski definition) is 0. The van der Waals surface area contributed by atoms with Crippen molar-refractivity contribution >= 4 is 34.8 Å². The Bertz CT molecular complexity index is 835. The minimum atomic E-state index is 0.220. The summed E-state index contributed by atoms with van der Waals surface area (Å²) in [5, 5.41) is 9.17. The topological polar surface area (TPSA) is 51.6 Å². The Hall–Kier alpha value is -1.75. The Morgan fingerprint density at radius 2 is 1.45 bits per heavy atom. The van der Waals surface area contributed by atoms with Crippen LogP contribution >= 0.6 is 34.8 Å². The molecule has 0 amide bonds. The molecule has 22 heavy (non-hydrogen) atoms. The minimum Gasteiger partial charge on any atom is -0.251 e. The summed E-state index contributed by atoms with van der Waals surface area (Å²) in [6.07, 6.45) is 3.07. The molecule has 2 heterocycles. The molecule has 0 unspecified atom stereocenters. The van der Waals surface area contributed by atoms with Crippen LogP contribution in [0.2, 0.25) is 15.3 Å². The zero-order valence-corrected chi connectivity index (χ0v) is 13.7. The van der Waals surface area contributed by atoms with E-state index in [1.165, 1.54) is 6.20 Å². The summed E-state index contributed by atoms with van der Waals surface area (Å²) in [5.41, 5.74) is 3.49. The van der Waals surface area contributed by atoms with Crippen molar-refractivity contribution in [3.05, 3.63) is 57.7 Å². The molecule has 0 N–H and O–H groups in total. The van der Waals surface area contributed by atoms with Crippen LogP contribution in [0.25, 0.3) is 22.4 Å². The number of nitrogens with zero attached hydrogens (tertiary/aromatic N) is 4. The largest absolute Gasteiger partial charge is 0.251 e. The summed E-state index contributed by atoms with van der Waals surface area (Å²) in [6, 6.07) is 7.37. The molecule has 0 aliphatic rings. The first-order valence-corrected chi connectivity index (χ1v) is 7.47. The molecule has 0 saturated carbocycles. The molecule has 0 aliphatic heterocycles. The summed E-state index contributed by atoms with van der Waals surface area (Å²) < 4.78 is 0. The number of benzene rings is 1. The molecule has 0 radical (unpaired) electrons. The molecule has 110 valence electrons. The molecule has 3 aromatic rings. The van der Waals surface area contributed by atoms with Crippen molar-refractivity contribution in [2.45, 2.75) is 6.92 Å². The quantitative estimate of drug-likeness (QED) is 0.661. The van der Waals surface area contributed by atoms with Gasteiger partial charge in [-0.2, -0.15) is 5.10 Å². The van der Waals surface area contributed by atoms with E-state index in [1.54, 1.807) is 18.3 Å². The molecule has 1 aromatic carbocycles. The van der Waals surface area contributed by atoms with Gasteiger partial charge < -0.3 is 0 Å². The van der Waals surface area contributed by atoms with Crippen molar-refractivity contribution in [1.82, 2.24) is 20.2 Å². The second-order valence-corrected chi connectivity index (χ2v) is 5.68. The fourth-order valence-electron chi connectivity index (χ4n) is 2.18. The van der Waals surface area contributed by atoms with Crippen LogP contribution in [0.5, 0.6) is 0 Å². The maximum atomic E-state index is 6.26. The van der Waals surface area contributed by atoms with E-state index in [0.29, 0.717) is 22.0 Å². The molecular weight excluding hydrogens is 343 g/mol. The van der Waals surface area contributed by atoms with Crippen LogP contribution < -0.4 is 0 Å². The molecule has 0 bridgehead atoms. The molecule has 0 atom stereocenters. The Balaban J connectivity index is 2.33. The predicted octanol–water partition coefficient (Wildman–Crippen LogP) is 4.87. The van der Waals surface area contributed by atoms with Crippen LogP contribution in [0.4, 0.5) is 0 Å². The highest BCUT2D eigenvalue weighted by molar-refractivity contribution is 6.35. The Morgan fingerprint density at radius 3 is 2.14 bits per heavy atom. The minimum absolute atomic E-state index is 0.220. The smallest absolute Gasteiger partial charge is 0.161 e. The van der Waals surface area contributed by atoms with E-state index in [0.717, 1.165) is 11.1 Å². The molecule has 0 spiro atoms. The third-order valence-electron chi connectivity index (χ3n) is 3.13. The number of hydrogen-bond acceptors (Lipinski definition) is 4. The zero-order chi connectivity index (χ0) is 15.7. The SMILES string of the molecule is Cc1nnc(Cl)c(-c2nccnc2Cl)c1-c1ccc(Cl)cc1. The van der Waals surface area contributed by atoms with Gasteiger partial charge in [0.1, 0.15) is 5.69 Å². The van der Waals surface area contributed by atoms with Gasteiger partial charge in [0, 0.05) is 23.0 Å². The predicted molar refractivity (Wildman–Crippen MR) is 88.3 cm³/mol. The lowest BCUT2D eigenvalue weighted by Gasteiger charge is -2.13. The fourth-order valence-corrected chi connectivity index (χ4v) is 2.72. The van der Waals surface area contributed by atoms with Crippen molar-refractivity contribution in [1.29, 1.82) is 0 Å². The highest BCUT2D eigenvalue weighted by Crippen LogP contribution is 2.39. The number of rotatable bonds is 2. The van der Waals surface area contributed by atoms with Gasteiger partial charge in [-0.15, -0.1) is 5.10 Å². The van der Waals surface area contributed by atoms with Crippen LogP contribution in [0.15, 0.2) is 36.7 Å². The standard InChI is InChI=1S/C15H9Cl3N4/c1-8-11(9-2-4-10(16)5-3-9)12(14(17)22-21-8)13-15(18)20-7-6-19-13/h2-7H,1H3. The van der Waals surface area contributed by atoms with Gasteiger partial charge in [0.25, 0.3) is 0 Å². The molecular formula is C15H9Cl3N4. The van der Waals surface area contributed by atoms with Crippen molar-refractivity contribution in [2.75, 3.05) is 0 Å². The average Bonchev–Trinajstić information content (AvgIpc) is 2.51. The number of halogens is 3. The van der Waals surface area contributed by atoms with Gasteiger partial charge >= 0.3 is 0 Å². The van der Waals surface area contributed by atoms with Crippen LogP contribution in [0.3, 0.4) is 0 Å². The first kappa shape index (κ1) is 15.2. The lowest BCUT2D eigenvalue weighted by Crippen LogP contribution is -1.99. The van der Waals surface area contributed by atoms with Gasteiger partial charge in [-0.05, 0) is 24.6 Å². The Kier molecular flexibility index (Phi) is 4.25. The molecule has 4 nitrogen and oxygen atoms in total. The van der Waals surface area contributed by atoms with E-state index in [2.05, 4.69) is 20.2 Å². The van der Waals surface area contributed by atoms with E-state index < -0.39 is 0 Å². The molecule has 0 aliphatic carbocycles. The maximum Gasteiger partial charge on any atom is 0.161 e. The van der Waals surface area contributed by atoms with Gasteiger partial charge in [-0.25, -0.2) is 4.98 Å². The molecule has 2 aromatic heterocycles. The zero-order valence-electron chi connectivity index (χ0n) is 11.4. The molecule has 0 saturated heterocycles. The second-order valence-electron chi connectivity index (χ2n) is 4.53. The van der Waals surface area contributed by atoms with E-state index in [9.17, 15) is 0 Å². The van der Waals surface area contributed by atoms with Gasteiger partial charge in [0.05, 0.1) is 11.3 Å². The summed E-state index contributed by atoms with van der Waals surface area (Å²) in [5.74, 6) is 0. The number of aromatic nitrogens is 4. The van der Waals surface area contributed by atoms with Crippen LogP contribution in [-0.4, -0.2) is 20.2 Å². The maximum absolute atomic E-state index is 6.26. The summed E-state index contributed by atoms with van der Waals surface area (Å²) in [6.45, 7) is 1.85. The van der Waals surface area contributed by atoms with Crippen LogP contribution in [-0.2, 0) is 0 Å². The van der Waals surface area contributed by atoms with Crippen molar-refractivity contribution < 1.29 is 0 Å². The lowest BCUT2D eigenvalue weighted by molar-refractivity contribution is 0.983. The van der Waals surface area contributed by atoms with Crippen molar-refractivity contribution in [3.63, 3.8) is 0 Å². The van der Waals surface area contributed by atoms with Crippen LogP contribution in [0.1, 0.15) is 5.69 Å². The highest BCUT2D eigenvalue weighted by atomic mass is 35.5. The lowest BCUT2D eigenvalue weighted by atomic mass is 9.98. The molecule has 0 fully saturated rings. The number of aryl methyl sites for hydroxylation is 1. The van der Waals surface area contributed by atoms with Crippen LogP contribution in [0, 0.1) is 6.92 Å². The van der Waals surface area contributed by atoms with Gasteiger partial charge in [-0.1, -0.05) is 46.9 Å². The normalized spacial score (nSPS) is 10.7. The molecule has 7 heteroatoms. The van der Waals surface area contributed by atoms with Gasteiger partial charge in [0.15, 0.2) is 10.3 Å². The second kappa shape index (κ2) is 6.16. The average molecular weight is 352 g/mol. The van der Waals surface area contributed by atoms with E-state index in [1.807, 2.05) is 19.1 Å². The first-order chi connectivity index (χ1) is 10.6. The third kappa shape index (κ3) is 2.77. The Morgan fingerprint density at radius 1 is 0.773 bits per heavy atom. The van der Waals surface area contributed by atoms with Gasteiger partial charge in [0.2, 0.25) is 0 Å².